The van der Waals surface area contributed by atoms with E-state index in [2.05, 4.69) is 9.97 Å². The average molecular weight is 572 g/mol. The summed E-state index contributed by atoms with van der Waals surface area (Å²) < 4.78 is 48.6. The Hall–Kier alpha value is -3.83. The highest BCUT2D eigenvalue weighted by molar-refractivity contribution is 6.35. The molecule has 0 saturated carbocycles. The zero-order valence-electron chi connectivity index (χ0n) is 21.3. The minimum absolute atomic E-state index is 0.0277. The summed E-state index contributed by atoms with van der Waals surface area (Å²) in [7, 11) is 0. The first-order valence-corrected chi connectivity index (χ1v) is 13.2. The highest BCUT2D eigenvalue weighted by Crippen LogP contribution is 2.42. The standard InChI is InChI=1S/C28H25ClF3N5O3/c29-22-13-21-25(24(30)23(22)20-12-18(39)11-17-3-1-2-4-19(17)20)33-27(40-10-9-36-14-28(31,32)15-36)34-26(21)37-7-5-35(16-38)6-8-37/h1-4,11-13,16,39H,5-10,14-15H2. The summed E-state index contributed by atoms with van der Waals surface area (Å²) in [5.41, 5.74) is 0.450. The van der Waals surface area contributed by atoms with Gasteiger partial charge in [-0.05, 0) is 34.5 Å². The number of hydrogen-bond donors (Lipinski definition) is 1. The lowest BCUT2D eigenvalue weighted by atomic mass is 9.96. The molecular formula is C28H25ClF3N5O3. The lowest BCUT2D eigenvalue weighted by molar-refractivity contribution is -0.132. The molecule has 2 saturated heterocycles. The number of phenolic OH excluding ortho intramolecular Hbond substituents is 1. The van der Waals surface area contributed by atoms with Crippen molar-refractivity contribution < 1.29 is 27.8 Å². The fourth-order valence-corrected chi connectivity index (χ4v) is 5.58. The number of carbonyl (C=O) groups is 1. The van der Waals surface area contributed by atoms with Gasteiger partial charge in [0, 0.05) is 43.7 Å². The highest BCUT2D eigenvalue weighted by atomic mass is 35.5. The van der Waals surface area contributed by atoms with Gasteiger partial charge in [0.15, 0.2) is 5.82 Å². The molecule has 12 heteroatoms. The van der Waals surface area contributed by atoms with Crippen LogP contribution in [-0.4, -0.2) is 89.6 Å². The fourth-order valence-electron chi connectivity index (χ4n) is 5.29. The monoisotopic (exact) mass is 571 g/mol. The van der Waals surface area contributed by atoms with Crippen LogP contribution in [0.3, 0.4) is 0 Å². The number of aromatic nitrogens is 2. The molecule has 1 amide bonds. The Morgan fingerprint density at radius 3 is 2.52 bits per heavy atom. The van der Waals surface area contributed by atoms with Crippen LogP contribution in [-0.2, 0) is 4.79 Å². The third kappa shape index (κ3) is 4.95. The van der Waals surface area contributed by atoms with Crippen LogP contribution in [0.25, 0.3) is 32.8 Å². The van der Waals surface area contributed by atoms with Gasteiger partial charge in [-0.1, -0.05) is 35.9 Å². The number of carbonyl (C=O) groups excluding carboxylic acids is 1. The van der Waals surface area contributed by atoms with Crippen molar-refractivity contribution in [3.63, 3.8) is 0 Å². The van der Waals surface area contributed by atoms with Crippen molar-refractivity contribution >= 4 is 45.5 Å². The number of alkyl halides is 2. The van der Waals surface area contributed by atoms with Gasteiger partial charge in [0.05, 0.1) is 18.1 Å². The number of amides is 1. The molecule has 2 aliphatic heterocycles. The van der Waals surface area contributed by atoms with E-state index in [4.69, 9.17) is 16.3 Å². The number of phenols is 1. The van der Waals surface area contributed by atoms with Gasteiger partial charge < -0.3 is 19.6 Å². The molecule has 0 radical (unpaired) electrons. The number of likely N-dealkylation sites (tertiary alicyclic amines) is 1. The number of hydrogen-bond acceptors (Lipinski definition) is 7. The molecule has 0 spiro atoms. The molecule has 208 valence electrons. The number of halogens is 4. The van der Waals surface area contributed by atoms with E-state index >= 15 is 4.39 Å². The Morgan fingerprint density at radius 1 is 1.05 bits per heavy atom. The number of benzene rings is 3. The predicted octanol–water partition coefficient (Wildman–Crippen LogP) is 4.56. The third-order valence-electron chi connectivity index (χ3n) is 7.27. The number of fused-ring (bicyclic) bond motifs is 2. The number of nitrogens with zero attached hydrogens (tertiary/aromatic N) is 5. The second-order valence-electron chi connectivity index (χ2n) is 10.0. The summed E-state index contributed by atoms with van der Waals surface area (Å²) in [6.45, 7) is 1.42. The molecule has 0 aliphatic carbocycles. The van der Waals surface area contributed by atoms with Crippen molar-refractivity contribution in [3.05, 3.63) is 53.3 Å². The number of ether oxygens (including phenoxy) is 1. The normalized spacial score (nSPS) is 17.3. The van der Waals surface area contributed by atoms with E-state index in [9.17, 15) is 18.7 Å². The van der Waals surface area contributed by atoms with Gasteiger partial charge in [0.2, 0.25) is 6.41 Å². The smallest absolute Gasteiger partial charge is 0.319 e. The zero-order chi connectivity index (χ0) is 28.0. The Labute approximate surface area is 232 Å². The summed E-state index contributed by atoms with van der Waals surface area (Å²) in [5, 5.41) is 12.3. The molecule has 8 nitrogen and oxygen atoms in total. The van der Waals surface area contributed by atoms with Gasteiger partial charge >= 0.3 is 6.01 Å². The van der Waals surface area contributed by atoms with Crippen molar-refractivity contribution in [1.29, 1.82) is 0 Å². The minimum atomic E-state index is -2.69. The van der Waals surface area contributed by atoms with Crippen LogP contribution < -0.4 is 9.64 Å². The van der Waals surface area contributed by atoms with Gasteiger partial charge in [-0.2, -0.15) is 9.97 Å². The van der Waals surface area contributed by atoms with Crippen molar-refractivity contribution in [3.8, 4) is 22.9 Å². The summed E-state index contributed by atoms with van der Waals surface area (Å²) in [6.07, 6.45) is 0.783. The molecule has 2 aliphatic rings. The Kier molecular flexibility index (Phi) is 6.79. The van der Waals surface area contributed by atoms with Crippen molar-refractivity contribution in [1.82, 2.24) is 19.8 Å². The number of aromatic hydroxyl groups is 1. The molecule has 40 heavy (non-hydrogen) atoms. The van der Waals surface area contributed by atoms with Gasteiger partial charge in [0.1, 0.15) is 23.7 Å². The molecular weight excluding hydrogens is 547 g/mol. The van der Waals surface area contributed by atoms with E-state index in [1.54, 1.807) is 21.9 Å². The van der Waals surface area contributed by atoms with E-state index in [0.29, 0.717) is 53.7 Å². The predicted molar refractivity (Wildman–Crippen MR) is 146 cm³/mol. The molecule has 0 atom stereocenters. The molecule has 1 aromatic heterocycles. The van der Waals surface area contributed by atoms with E-state index in [1.807, 2.05) is 29.2 Å². The van der Waals surface area contributed by atoms with Crippen LogP contribution in [0, 0.1) is 5.82 Å². The first kappa shape index (κ1) is 26.4. The van der Waals surface area contributed by atoms with Gasteiger partial charge in [-0.3, -0.25) is 9.69 Å². The quantitative estimate of drug-likeness (QED) is 0.326. The summed E-state index contributed by atoms with van der Waals surface area (Å²) in [4.78, 5) is 25.2. The number of rotatable bonds is 7. The summed E-state index contributed by atoms with van der Waals surface area (Å²) >= 11 is 6.71. The van der Waals surface area contributed by atoms with Crippen LogP contribution in [0.15, 0.2) is 42.5 Å². The van der Waals surface area contributed by atoms with Gasteiger partial charge in [-0.25, -0.2) is 13.2 Å². The lowest BCUT2D eigenvalue weighted by Crippen LogP contribution is -2.57. The highest BCUT2D eigenvalue weighted by Gasteiger charge is 2.43. The molecule has 3 aromatic carbocycles. The molecule has 1 N–H and O–H groups in total. The minimum Gasteiger partial charge on any atom is -0.508 e. The summed E-state index contributed by atoms with van der Waals surface area (Å²) in [5.74, 6) is -3.04. The lowest BCUT2D eigenvalue weighted by Gasteiger charge is -2.38. The molecule has 2 fully saturated rings. The van der Waals surface area contributed by atoms with E-state index < -0.39 is 11.7 Å². The largest absolute Gasteiger partial charge is 0.508 e. The van der Waals surface area contributed by atoms with Crippen molar-refractivity contribution in [2.45, 2.75) is 5.92 Å². The number of piperazine rings is 1. The van der Waals surface area contributed by atoms with E-state index in [0.717, 1.165) is 6.41 Å². The maximum Gasteiger partial charge on any atom is 0.319 e. The van der Waals surface area contributed by atoms with Crippen LogP contribution in [0.1, 0.15) is 0 Å². The van der Waals surface area contributed by atoms with Crippen LogP contribution >= 0.6 is 11.6 Å². The van der Waals surface area contributed by atoms with Crippen LogP contribution in [0.5, 0.6) is 11.8 Å². The van der Waals surface area contributed by atoms with Gasteiger partial charge in [0.25, 0.3) is 5.92 Å². The first-order chi connectivity index (χ1) is 19.2. The first-order valence-electron chi connectivity index (χ1n) is 12.8. The second-order valence-corrected chi connectivity index (χ2v) is 10.4. The topological polar surface area (TPSA) is 82.0 Å². The fraction of sp³-hybridized carbons (Fsp3) is 0.321. The summed E-state index contributed by atoms with van der Waals surface area (Å²) in [6, 6.07) is 11.8. The Morgan fingerprint density at radius 2 is 1.80 bits per heavy atom. The van der Waals surface area contributed by atoms with E-state index in [1.165, 1.54) is 6.07 Å². The second kappa shape index (κ2) is 10.3. The number of anilines is 1. The van der Waals surface area contributed by atoms with Crippen LogP contribution in [0.4, 0.5) is 19.0 Å². The molecule has 3 heterocycles. The van der Waals surface area contributed by atoms with Crippen molar-refractivity contribution in [2.24, 2.45) is 0 Å². The molecule has 6 rings (SSSR count). The average Bonchev–Trinajstić information content (AvgIpc) is 2.92. The zero-order valence-corrected chi connectivity index (χ0v) is 22.0. The molecule has 4 aromatic rings. The maximum atomic E-state index is 16.4. The molecule has 0 unspecified atom stereocenters. The SMILES string of the molecule is O=CN1CCN(c2nc(OCCN3CC(F)(F)C3)nc3c(F)c(-c4cc(O)cc5ccccc45)c(Cl)cc23)CC1. The van der Waals surface area contributed by atoms with Crippen molar-refractivity contribution in [2.75, 3.05) is 57.3 Å². The Bertz CT molecular complexity index is 1610. The third-order valence-corrected chi connectivity index (χ3v) is 7.57. The van der Waals surface area contributed by atoms with E-state index in [-0.39, 0.29) is 54.1 Å². The Balaban J connectivity index is 1.43. The molecule has 0 bridgehead atoms. The maximum absolute atomic E-state index is 16.4. The van der Waals surface area contributed by atoms with Gasteiger partial charge in [-0.15, -0.1) is 0 Å². The van der Waals surface area contributed by atoms with Crippen LogP contribution in [0.2, 0.25) is 5.02 Å².